The molecule has 0 fully saturated rings. The van der Waals surface area contributed by atoms with E-state index in [1.165, 1.54) is 11.3 Å². The van der Waals surface area contributed by atoms with Crippen LogP contribution in [0.3, 0.4) is 0 Å². The lowest BCUT2D eigenvalue weighted by Gasteiger charge is -2.08. The molecule has 0 aliphatic rings. The van der Waals surface area contributed by atoms with Crippen LogP contribution in [0.2, 0.25) is 0 Å². The Morgan fingerprint density at radius 1 is 1.11 bits per heavy atom. The summed E-state index contributed by atoms with van der Waals surface area (Å²) in [7, 11) is 1.68. The third kappa shape index (κ3) is 1.71. The molecule has 90 valence electrons. The standard InChI is InChI=1S/C14H12N2OS/c1-17-13-7-6-10(12-8-18-14(15)16-12)9-4-2-3-5-11(9)13/h2-8H,1H3,(H2,15,16). The minimum Gasteiger partial charge on any atom is -0.496 e. The average molecular weight is 256 g/mol. The number of benzene rings is 2. The highest BCUT2D eigenvalue weighted by molar-refractivity contribution is 7.13. The van der Waals surface area contributed by atoms with Gasteiger partial charge in [0, 0.05) is 16.3 Å². The molecular weight excluding hydrogens is 244 g/mol. The summed E-state index contributed by atoms with van der Waals surface area (Å²) in [4.78, 5) is 4.34. The van der Waals surface area contributed by atoms with Crippen molar-refractivity contribution in [2.45, 2.75) is 0 Å². The summed E-state index contributed by atoms with van der Waals surface area (Å²) in [5.74, 6) is 0.873. The van der Waals surface area contributed by atoms with Gasteiger partial charge < -0.3 is 10.5 Å². The molecule has 0 amide bonds. The Labute approximate surface area is 109 Å². The first-order valence-corrected chi connectivity index (χ1v) is 6.44. The molecule has 0 radical (unpaired) electrons. The Hall–Kier alpha value is -2.07. The summed E-state index contributed by atoms with van der Waals surface area (Å²) in [6.07, 6.45) is 0. The van der Waals surface area contributed by atoms with E-state index in [9.17, 15) is 0 Å². The molecule has 0 saturated carbocycles. The fraction of sp³-hybridized carbons (Fsp3) is 0.0714. The fourth-order valence-electron chi connectivity index (χ4n) is 2.08. The highest BCUT2D eigenvalue weighted by atomic mass is 32.1. The number of fused-ring (bicyclic) bond motifs is 1. The molecule has 0 spiro atoms. The highest BCUT2D eigenvalue weighted by Crippen LogP contribution is 2.34. The maximum Gasteiger partial charge on any atom is 0.180 e. The SMILES string of the molecule is COc1ccc(-c2csc(N)n2)c2ccccc12. The van der Waals surface area contributed by atoms with Crippen LogP contribution in [0, 0.1) is 0 Å². The summed E-state index contributed by atoms with van der Waals surface area (Å²) in [5, 5.41) is 4.78. The normalized spacial score (nSPS) is 10.7. The van der Waals surface area contributed by atoms with E-state index in [1.807, 2.05) is 35.7 Å². The van der Waals surface area contributed by atoms with Crippen molar-refractivity contribution in [3.63, 3.8) is 0 Å². The number of hydrogen-bond donors (Lipinski definition) is 1. The quantitative estimate of drug-likeness (QED) is 0.762. The fourth-order valence-corrected chi connectivity index (χ4v) is 2.65. The Kier molecular flexibility index (Phi) is 2.64. The topological polar surface area (TPSA) is 48.1 Å². The molecule has 3 aromatic rings. The molecule has 0 bridgehead atoms. The second-order valence-corrected chi connectivity index (χ2v) is 4.82. The second-order valence-electron chi connectivity index (χ2n) is 3.93. The van der Waals surface area contributed by atoms with Crippen LogP contribution >= 0.6 is 11.3 Å². The first-order valence-electron chi connectivity index (χ1n) is 5.56. The van der Waals surface area contributed by atoms with Gasteiger partial charge in [-0.3, -0.25) is 0 Å². The smallest absolute Gasteiger partial charge is 0.180 e. The van der Waals surface area contributed by atoms with Gasteiger partial charge in [-0.1, -0.05) is 24.3 Å². The van der Waals surface area contributed by atoms with Crippen molar-refractivity contribution in [1.82, 2.24) is 4.98 Å². The largest absolute Gasteiger partial charge is 0.496 e. The lowest BCUT2D eigenvalue weighted by molar-refractivity contribution is 0.420. The molecule has 18 heavy (non-hydrogen) atoms. The summed E-state index contributed by atoms with van der Waals surface area (Å²) >= 11 is 1.45. The summed E-state index contributed by atoms with van der Waals surface area (Å²) in [6.45, 7) is 0. The summed E-state index contributed by atoms with van der Waals surface area (Å²) in [6, 6.07) is 12.1. The molecule has 0 aliphatic heterocycles. The van der Waals surface area contributed by atoms with E-state index >= 15 is 0 Å². The number of ether oxygens (including phenoxy) is 1. The van der Waals surface area contributed by atoms with Crippen LogP contribution in [0.25, 0.3) is 22.0 Å². The van der Waals surface area contributed by atoms with E-state index in [4.69, 9.17) is 10.5 Å². The van der Waals surface area contributed by atoms with Crippen LogP contribution in [-0.2, 0) is 0 Å². The van der Waals surface area contributed by atoms with Gasteiger partial charge in [-0.25, -0.2) is 4.98 Å². The van der Waals surface area contributed by atoms with Gasteiger partial charge in [-0.05, 0) is 17.5 Å². The number of aromatic nitrogens is 1. The van der Waals surface area contributed by atoms with Crippen molar-refractivity contribution in [2.24, 2.45) is 0 Å². The van der Waals surface area contributed by atoms with Gasteiger partial charge in [0.1, 0.15) is 5.75 Å². The molecule has 3 nitrogen and oxygen atoms in total. The van der Waals surface area contributed by atoms with E-state index < -0.39 is 0 Å². The molecule has 0 unspecified atom stereocenters. The number of nitrogens with two attached hydrogens (primary N) is 1. The lowest BCUT2D eigenvalue weighted by atomic mass is 10.0. The maximum atomic E-state index is 5.70. The molecule has 2 aromatic carbocycles. The Bertz CT molecular complexity index is 706. The van der Waals surface area contributed by atoms with Gasteiger partial charge in [-0.15, -0.1) is 11.3 Å². The maximum absolute atomic E-state index is 5.70. The van der Waals surface area contributed by atoms with Gasteiger partial charge in [0.05, 0.1) is 12.8 Å². The van der Waals surface area contributed by atoms with Gasteiger partial charge in [-0.2, -0.15) is 0 Å². The van der Waals surface area contributed by atoms with Crippen molar-refractivity contribution in [3.8, 4) is 17.0 Å². The van der Waals surface area contributed by atoms with E-state index in [0.29, 0.717) is 5.13 Å². The Morgan fingerprint density at radius 3 is 2.56 bits per heavy atom. The minimum atomic E-state index is 0.588. The number of nitrogen functional groups attached to an aromatic ring is 1. The van der Waals surface area contributed by atoms with Crippen molar-refractivity contribution in [2.75, 3.05) is 12.8 Å². The van der Waals surface area contributed by atoms with Crippen molar-refractivity contribution >= 4 is 27.2 Å². The van der Waals surface area contributed by atoms with Gasteiger partial charge >= 0.3 is 0 Å². The summed E-state index contributed by atoms with van der Waals surface area (Å²) < 4.78 is 5.38. The minimum absolute atomic E-state index is 0.588. The molecule has 0 aliphatic carbocycles. The molecule has 0 saturated heterocycles. The highest BCUT2D eigenvalue weighted by Gasteiger charge is 2.09. The zero-order chi connectivity index (χ0) is 12.5. The molecule has 0 atom stereocenters. The molecule has 1 aromatic heterocycles. The van der Waals surface area contributed by atoms with Gasteiger partial charge in [0.25, 0.3) is 0 Å². The monoisotopic (exact) mass is 256 g/mol. The van der Waals surface area contributed by atoms with E-state index in [-0.39, 0.29) is 0 Å². The lowest BCUT2D eigenvalue weighted by Crippen LogP contribution is -1.88. The van der Waals surface area contributed by atoms with Crippen LogP contribution in [0.15, 0.2) is 41.8 Å². The van der Waals surface area contributed by atoms with Gasteiger partial charge in [0.2, 0.25) is 0 Å². The first-order chi connectivity index (χ1) is 8.79. The average Bonchev–Trinajstić information content (AvgIpc) is 2.84. The Balaban J connectivity index is 2.31. The molecule has 1 heterocycles. The number of nitrogens with zero attached hydrogens (tertiary/aromatic N) is 1. The number of methoxy groups -OCH3 is 1. The zero-order valence-corrected chi connectivity index (χ0v) is 10.7. The predicted octanol–water partition coefficient (Wildman–Crippen LogP) is 3.55. The van der Waals surface area contributed by atoms with Crippen LogP contribution in [0.4, 0.5) is 5.13 Å². The van der Waals surface area contributed by atoms with E-state index in [1.54, 1.807) is 7.11 Å². The van der Waals surface area contributed by atoms with Crippen LogP contribution in [-0.4, -0.2) is 12.1 Å². The second kappa shape index (κ2) is 4.31. The van der Waals surface area contributed by atoms with Crippen molar-refractivity contribution in [3.05, 3.63) is 41.8 Å². The third-order valence-electron chi connectivity index (χ3n) is 2.90. The van der Waals surface area contributed by atoms with Crippen molar-refractivity contribution < 1.29 is 4.74 Å². The van der Waals surface area contributed by atoms with Crippen LogP contribution in [0.1, 0.15) is 0 Å². The molecular formula is C14H12N2OS. The van der Waals surface area contributed by atoms with Crippen LogP contribution in [0.5, 0.6) is 5.75 Å². The first kappa shape index (κ1) is 11.0. The third-order valence-corrected chi connectivity index (χ3v) is 3.58. The van der Waals surface area contributed by atoms with Gasteiger partial charge in [0.15, 0.2) is 5.13 Å². The predicted molar refractivity (Wildman–Crippen MR) is 76.0 cm³/mol. The van der Waals surface area contributed by atoms with Crippen LogP contribution < -0.4 is 10.5 Å². The zero-order valence-electron chi connectivity index (χ0n) is 9.88. The molecule has 3 rings (SSSR count). The van der Waals surface area contributed by atoms with E-state index in [0.717, 1.165) is 27.8 Å². The molecule has 2 N–H and O–H groups in total. The Morgan fingerprint density at radius 2 is 1.89 bits per heavy atom. The number of thiazole rings is 1. The summed E-state index contributed by atoms with van der Waals surface area (Å²) in [5.41, 5.74) is 7.69. The number of anilines is 1. The molecule has 4 heteroatoms. The number of rotatable bonds is 2. The number of hydrogen-bond acceptors (Lipinski definition) is 4. The van der Waals surface area contributed by atoms with E-state index in [2.05, 4.69) is 11.1 Å². The van der Waals surface area contributed by atoms with Crippen molar-refractivity contribution in [1.29, 1.82) is 0 Å².